The monoisotopic (exact) mass is 551 g/mol. The van der Waals surface area contributed by atoms with E-state index in [4.69, 9.17) is 14.2 Å². The number of esters is 3. The summed E-state index contributed by atoms with van der Waals surface area (Å²) in [5.74, 6) is -3.37. The third-order valence-corrected chi connectivity index (χ3v) is 7.92. The van der Waals surface area contributed by atoms with Gasteiger partial charge in [0.05, 0.1) is 6.42 Å². The van der Waals surface area contributed by atoms with Crippen LogP contribution in [0, 0.1) is 5.92 Å². The van der Waals surface area contributed by atoms with E-state index in [0.717, 1.165) is 6.54 Å². The lowest BCUT2D eigenvalue weighted by atomic mass is 9.81. The van der Waals surface area contributed by atoms with Crippen molar-refractivity contribution in [3.8, 4) is 0 Å². The molecule has 224 valence electrons. The molecular formula is C30H53N3O6. The summed E-state index contributed by atoms with van der Waals surface area (Å²) in [6, 6.07) is 0. The summed E-state index contributed by atoms with van der Waals surface area (Å²) in [5, 5.41) is 10.6. The Morgan fingerprint density at radius 1 is 0.615 bits per heavy atom. The van der Waals surface area contributed by atoms with Gasteiger partial charge in [0.2, 0.25) is 0 Å². The lowest BCUT2D eigenvalue weighted by molar-refractivity contribution is -0.177. The summed E-state index contributed by atoms with van der Waals surface area (Å²) >= 11 is 0. The zero-order valence-corrected chi connectivity index (χ0v) is 25.9. The smallest absolute Gasteiger partial charge is 0.321 e. The molecule has 1 atom stereocenters. The van der Waals surface area contributed by atoms with Crippen LogP contribution in [0.4, 0.5) is 0 Å². The third-order valence-electron chi connectivity index (χ3n) is 7.92. The summed E-state index contributed by atoms with van der Waals surface area (Å²) in [6.07, 6.45) is 2.36. The Morgan fingerprint density at radius 2 is 1.00 bits per heavy atom. The predicted octanol–water partition coefficient (Wildman–Crippen LogP) is 3.77. The Kier molecular flexibility index (Phi) is 9.20. The van der Waals surface area contributed by atoms with Crippen molar-refractivity contribution in [1.29, 1.82) is 0 Å². The molecule has 0 spiro atoms. The fourth-order valence-corrected chi connectivity index (χ4v) is 7.20. The molecule has 0 radical (unpaired) electrons. The summed E-state index contributed by atoms with van der Waals surface area (Å²) in [6.45, 7) is 21.4. The minimum Gasteiger partial charge on any atom is -0.462 e. The summed E-state index contributed by atoms with van der Waals surface area (Å²) < 4.78 is 17.6. The number of hydrogen-bond donors (Lipinski definition) is 3. The number of carbonyl (C=O) groups excluding carboxylic acids is 3. The van der Waals surface area contributed by atoms with Crippen LogP contribution in [0.5, 0.6) is 0 Å². The van der Waals surface area contributed by atoms with Gasteiger partial charge in [0.25, 0.3) is 0 Å². The van der Waals surface area contributed by atoms with Crippen LogP contribution in [-0.2, 0) is 28.6 Å². The van der Waals surface area contributed by atoms with E-state index in [1.807, 2.05) is 0 Å². The van der Waals surface area contributed by atoms with Gasteiger partial charge in [-0.05, 0) is 82.2 Å². The SMILES string of the molecule is CC1(C)CC(OC(=O)CC(C(=O)OC2CC(C)(C)NC(C)(C)C2)C(=O)OC2CC(C)(C)NC(C)(C)C2)CCN1. The van der Waals surface area contributed by atoms with Gasteiger partial charge in [0, 0.05) is 59.8 Å². The van der Waals surface area contributed by atoms with E-state index in [0.29, 0.717) is 38.5 Å². The molecule has 3 aliphatic heterocycles. The first-order chi connectivity index (χ1) is 17.6. The van der Waals surface area contributed by atoms with Crippen LogP contribution >= 0.6 is 0 Å². The molecule has 9 heteroatoms. The normalized spacial score (nSPS) is 27.9. The lowest BCUT2D eigenvalue weighted by Gasteiger charge is -2.46. The van der Waals surface area contributed by atoms with Crippen molar-refractivity contribution in [1.82, 2.24) is 16.0 Å². The maximum absolute atomic E-state index is 13.5. The van der Waals surface area contributed by atoms with Crippen molar-refractivity contribution in [3.63, 3.8) is 0 Å². The van der Waals surface area contributed by atoms with E-state index in [1.165, 1.54) is 0 Å². The number of ether oxygens (including phenoxy) is 3. The molecule has 9 nitrogen and oxygen atoms in total. The molecule has 0 bridgehead atoms. The molecule has 0 saturated carbocycles. The van der Waals surface area contributed by atoms with Crippen LogP contribution in [-0.4, -0.2) is 70.5 Å². The largest absolute Gasteiger partial charge is 0.462 e. The Morgan fingerprint density at radius 3 is 1.38 bits per heavy atom. The molecule has 1 unspecified atom stereocenters. The standard InChI is InChI=1S/C30H53N3O6/c1-26(2)14-19(11-12-31-26)37-23(34)13-22(24(35)38-20-15-27(3,4)32-28(5,6)16-20)25(36)39-21-17-29(7,8)33-30(9,10)18-21/h19-22,31-33H,11-18H2,1-10H3. The molecule has 3 fully saturated rings. The van der Waals surface area contributed by atoms with Crippen molar-refractivity contribution in [2.45, 2.75) is 160 Å². The highest BCUT2D eigenvalue weighted by Gasteiger charge is 2.44. The van der Waals surface area contributed by atoms with E-state index in [2.05, 4.69) is 85.2 Å². The second-order valence-electron chi connectivity index (χ2n) is 15.4. The first-order valence-electron chi connectivity index (χ1n) is 14.6. The van der Waals surface area contributed by atoms with Gasteiger partial charge in [-0.1, -0.05) is 0 Å². The van der Waals surface area contributed by atoms with E-state index < -0.39 is 30.2 Å². The second kappa shape index (κ2) is 11.3. The van der Waals surface area contributed by atoms with Gasteiger partial charge in [-0.2, -0.15) is 0 Å². The Bertz CT molecular complexity index is 842. The van der Waals surface area contributed by atoms with Gasteiger partial charge in [0.15, 0.2) is 5.92 Å². The maximum atomic E-state index is 13.5. The van der Waals surface area contributed by atoms with Gasteiger partial charge in [-0.15, -0.1) is 0 Å². The fraction of sp³-hybridized carbons (Fsp3) is 0.900. The maximum Gasteiger partial charge on any atom is 0.321 e. The zero-order chi connectivity index (χ0) is 29.4. The van der Waals surface area contributed by atoms with Crippen LogP contribution in [0.3, 0.4) is 0 Å². The molecule has 0 aliphatic carbocycles. The van der Waals surface area contributed by atoms with Crippen molar-refractivity contribution in [3.05, 3.63) is 0 Å². The van der Waals surface area contributed by atoms with E-state index in [9.17, 15) is 14.4 Å². The molecule has 0 aromatic rings. The molecule has 39 heavy (non-hydrogen) atoms. The number of hydrogen-bond acceptors (Lipinski definition) is 9. The molecule has 0 aromatic carbocycles. The quantitative estimate of drug-likeness (QED) is 0.247. The average molecular weight is 552 g/mol. The van der Waals surface area contributed by atoms with Crippen molar-refractivity contribution < 1.29 is 28.6 Å². The number of nitrogens with one attached hydrogen (secondary N) is 3. The minimum atomic E-state index is -1.37. The van der Waals surface area contributed by atoms with Crippen molar-refractivity contribution in [2.24, 2.45) is 5.92 Å². The Labute approximate surface area is 235 Å². The number of rotatable bonds is 7. The highest BCUT2D eigenvalue weighted by atomic mass is 16.6. The number of piperidine rings is 3. The molecular weight excluding hydrogens is 498 g/mol. The van der Waals surface area contributed by atoms with E-state index >= 15 is 0 Å². The summed E-state index contributed by atoms with van der Waals surface area (Å²) in [7, 11) is 0. The first kappa shape index (κ1) is 31.8. The lowest BCUT2D eigenvalue weighted by Crippen LogP contribution is -2.60. The molecule has 3 aliphatic rings. The molecule has 0 amide bonds. The van der Waals surface area contributed by atoms with Crippen molar-refractivity contribution in [2.75, 3.05) is 6.54 Å². The topological polar surface area (TPSA) is 115 Å². The summed E-state index contributed by atoms with van der Waals surface area (Å²) in [5.41, 5.74) is -1.11. The second-order valence-corrected chi connectivity index (χ2v) is 15.4. The van der Waals surface area contributed by atoms with Gasteiger partial charge in [-0.3, -0.25) is 14.4 Å². The molecule has 3 heterocycles. The zero-order valence-electron chi connectivity index (χ0n) is 25.9. The molecule has 3 saturated heterocycles. The first-order valence-corrected chi connectivity index (χ1v) is 14.6. The van der Waals surface area contributed by atoms with Crippen molar-refractivity contribution >= 4 is 17.9 Å². The van der Waals surface area contributed by atoms with E-state index in [-0.39, 0.29) is 46.0 Å². The Balaban J connectivity index is 1.74. The molecule has 3 rings (SSSR count). The average Bonchev–Trinajstić information content (AvgIpc) is 2.66. The van der Waals surface area contributed by atoms with Gasteiger partial charge < -0.3 is 30.2 Å². The van der Waals surface area contributed by atoms with Gasteiger partial charge in [0.1, 0.15) is 18.3 Å². The third kappa shape index (κ3) is 9.71. The predicted molar refractivity (Wildman–Crippen MR) is 150 cm³/mol. The molecule has 0 aromatic heterocycles. The van der Waals surface area contributed by atoms with Crippen LogP contribution in [0.2, 0.25) is 0 Å². The molecule has 3 N–H and O–H groups in total. The van der Waals surface area contributed by atoms with Crippen LogP contribution in [0.15, 0.2) is 0 Å². The minimum absolute atomic E-state index is 0.149. The number of carbonyl (C=O) groups is 3. The van der Waals surface area contributed by atoms with Gasteiger partial charge >= 0.3 is 17.9 Å². The fourth-order valence-electron chi connectivity index (χ4n) is 7.20. The van der Waals surface area contributed by atoms with Gasteiger partial charge in [-0.25, -0.2) is 0 Å². The van der Waals surface area contributed by atoms with Crippen LogP contribution in [0.1, 0.15) is 114 Å². The van der Waals surface area contributed by atoms with Crippen LogP contribution in [0.25, 0.3) is 0 Å². The highest BCUT2D eigenvalue weighted by molar-refractivity contribution is 5.98. The highest BCUT2D eigenvalue weighted by Crippen LogP contribution is 2.33. The Hall–Kier alpha value is -1.71. The summed E-state index contributed by atoms with van der Waals surface area (Å²) in [4.78, 5) is 40.1. The van der Waals surface area contributed by atoms with E-state index in [1.54, 1.807) is 0 Å². The van der Waals surface area contributed by atoms with Crippen LogP contribution < -0.4 is 16.0 Å².